The normalized spacial score (nSPS) is 10.8. The molecule has 2 heterocycles. The maximum atomic E-state index is 5.94. The van der Waals surface area contributed by atoms with Crippen LogP contribution < -0.4 is 5.73 Å². The molecule has 0 atom stereocenters. The predicted octanol–water partition coefficient (Wildman–Crippen LogP) is 4.21. The molecule has 4 heteroatoms. The van der Waals surface area contributed by atoms with Crippen molar-refractivity contribution >= 4 is 17.2 Å². The lowest BCUT2D eigenvalue weighted by atomic mass is 9.99. The molecule has 96 valence electrons. The van der Waals surface area contributed by atoms with E-state index in [0.717, 1.165) is 28.1 Å². The number of nitrogens with two attached hydrogens (primary N) is 1. The summed E-state index contributed by atoms with van der Waals surface area (Å²) >= 11 is 1.64. The molecular formula is C15H14N2OS. The van der Waals surface area contributed by atoms with Gasteiger partial charge in [0.2, 0.25) is 5.88 Å². The molecule has 0 aliphatic heterocycles. The monoisotopic (exact) mass is 270 g/mol. The molecule has 1 aromatic carbocycles. The zero-order chi connectivity index (χ0) is 13.2. The molecule has 19 heavy (non-hydrogen) atoms. The molecule has 3 aromatic rings. The quantitative estimate of drug-likeness (QED) is 0.775. The Balaban J connectivity index is 2.22. The highest BCUT2D eigenvalue weighted by Gasteiger charge is 2.19. The number of nitrogens with zero attached hydrogens (tertiary/aromatic N) is 1. The molecule has 3 nitrogen and oxygen atoms in total. The number of nitrogen functional groups attached to an aromatic ring is 1. The minimum Gasteiger partial charge on any atom is -0.367 e. The van der Waals surface area contributed by atoms with E-state index in [9.17, 15) is 0 Å². The van der Waals surface area contributed by atoms with Gasteiger partial charge in [-0.15, -0.1) is 11.3 Å². The first kappa shape index (κ1) is 12.0. The van der Waals surface area contributed by atoms with Gasteiger partial charge in [0, 0.05) is 10.4 Å². The van der Waals surface area contributed by atoms with Crippen LogP contribution >= 0.6 is 11.3 Å². The van der Waals surface area contributed by atoms with Crippen molar-refractivity contribution in [3.63, 3.8) is 0 Å². The SMILES string of the molecule is CCc1ccccc1-c1noc(N)c1-c1cccs1. The second kappa shape index (κ2) is 4.90. The summed E-state index contributed by atoms with van der Waals surface area (Å²) in [7, 11) is 0. The Morgan fingerprint density at radius 1 is 1.21 bits per heavy atom. The van der Waals surface area contributed by atoms with Crippen molar-refractivity contribution in [3.05, 3.63) is 47.3 Å². The number of hydrogen-bond acceptors (Lipinski definition) is 4. The Labute approximate surface area is 115 Å². The van der Waals surface area contributed by atoms with Gasteiger partial charge in [-0.2, -0.15) is 0 Å². The van der Waals surface area contributed by atoms with Crippen LogP contribution in [0.5, 0.6) is 0 Å². The second-order valence-electron chi connectivity index (χ2n) is 4.26. The summed E-state index contributed by atoms with van der Waals surface area (Å²) < 4.78 is 5.21. The maximum absolute atomic E-state index is 5.94. The van der Waals surface area contributed by atoms with E-state index >= 15 is 0 Å². The van der Waals surface area contributed by atoms with Crippen molar-refractivity contribution in [2.24, 2.45) is 0 Å². The van der Waals surface area contributed by atoms with Gasteiger partial charge in [-0.25, -0.2) is 0 Å². The van der Waals surface area contributed by atoms with E-state index in [0.29, 0.717) is 5.88 Å². The Morgan fingerprint density at radius 3 is 2.79 bits per heavy atom. The van der Waals surface area contributed by atoms with E-state index in [1.807, 2.05) is 29.6 Å². The van der Waals surface area contributed by atoms with Crippen molar-refractivity contribution in [3.8, 4) is 21.7 Å². The van der Waals surface area contributed by atoms with Crippen LogP contribution in [-0.4, -0.2) is 5.16 Å². The molecule has 0 bridgehead atoms. The molecule has 0 saturated carbocycles. The van der Waals surface area contributed by atoms with Gasteiger partial charge >= 0.3 is 0 Å². The van der Waals surface area contributed by atoms with E-state index in [4.69, 9.17) is 10.3 Å². The summed E-state index contributed by atoms with van der Waals surface area (Å²) in [6.45, 7) is 2.13. The molecule has 0 aliphatic rings. The van der Waals surface area contributed by atoms with Crippen LogP contribution in [0.15, 0.2) is 46.3 Å². The molecule has 0 aliphatic carbocycles. The number of aromatic nitrogens is 1. The zero-order valence-corrected chi connectivity index (χ0v) is 11.4. The van der Waals surface area contributed by atoms with Crippen LogP contribution in [0.2, 0.25) is 0 Å². The first-order valence-electron chi connectivity index (χ1n) is 6.18. The van der Waals surface area contributed by atoms with Crippen molar-refractivity contribution in [1.82, 2.24) is 5.16 Å². The van der Waals surface area contributed by atoms with Crippen LogP contribution in [0.25, 0.3) is 21.7 Å². The summed E-state index contributed by atoms with van der Waals surface area (Å²) in [4.78, 5) is 1.08. The van der Waals surface area contributed by atoms with Crippen LogP contribution in [0.1, 0.15) is 12.5 Å². The largest absolute Gasteiger partial charge is 0.367 e. The molecule has 2 N–H and O–H groups in total. The summed E-state index contributed by atoms with van der Waals surface area (Å²) in [5.41, 5.74) is 10.0. The summed E-state index contributed by atoms with van der Waals surface area (Å²) in [6, 6.07) is 12.3. The van der Waals surface area contributed by atoms with Crippen LogP contribution in [-0.2, 0) is 6.42 Å². The van der Waals surface area contributed by atoms with E-state index in [2.05, 4.69) is 24.2 Å². The maximum Gasteiger partial charge on any atom is 0.231 e. The minimum absolute atomic E-state index is 0.378. The molecule has 0 unspecified atom stereocenters. The number of thiophene rings is 1. The Hall–Kier alpha value is -2.07. The van der Waals surface area contributed by atoms with Crippen LogP contribution in [0.4, 0.5) is 5.88 Å². The van der Waals surface area contributed by atoms with E-state index in [-0.39, 0.29) is 0 Å². The lowest BCUT2D eigenvalue weighted by molar-refractivity contribution is 0.439. The first-order valence-corrected chi connectivity index (χ1v) is 7.06. The average molecular weight is 270 g/mol. The number of anilines is 1. The van der Waals surface area contributed by atoms with E-state index in [1.165, 1.54) is 5.56 Å². The van der Waals surface area contributed by atoms with Crippen molar-refractivity contribution < 1.29 is 4.52 Å². The van der Waals surface area contributed by atoms with Crippen molar-refractivity contribution in [2.75, 3.05) is 5.73 Å². The highest BCUT2D eigenvalue weighted by atomic mass is 32.1. The van der Waals surface area contributed by atoms with Gasteiger partial charge in [0.25, 0.3) is 0 Å². The zero-order valence-electron chi connectivity index (χ0n) is 10.6. The van der Waals surface area contributed by atoms with Gasteiger partial charge in [-0.05, 0) is 23.4 Å². The van der Waals surface area contributed by atoms with Crippen LogP contribution in [0.3, 0.4) is 0 Å². The average Bonchev–Trinajstić information content (AvgIpc) is 3.07. The van der Waals surface area contributed by atoms with E-state index < -0.39 is 0 Å². The molecule has 3 rings (SSSR count). The number of rotatable bonds is 3. The molecule has 0 amide bonds. The fourth-order valence-electron chi connectivity index (χ4n) is 2.21. The smallest absolute Gasteiger partial charge is 0.231 e. The topological polar surface area (TPSA) is 52.0 Å². The lowest BCUT2D eigenvalue weighted by Gasteiger charge is -2.05. The third-order valence-corrected chi connectivity index (χ3v) is 4.03. The molecule has 0 saturated heterocycles. The first-order chi connectivity index (χ1) is 9.31. The third kappa shape index (κ3) is 2.04. The summed E-state index contributed by atoms with van der Waals surface area (Å²) in [6.07, 6.45) is 0.951. The number of aryl methyl sites for hydroxylation is 1. The highest BCUT2D eigenvalue weighted by molar-refractivity contribution is 7.13. The van der Waals surface area contributed by atoms with Crippen molar-refractivity contribution in [2.45, 2.75) is 13.3 Å². The molecule has 2 aromatic heterocycles. The molecule has 0 fully saturated rings. The highest BCUT2D eigenvalue weighted by Crippen LogP contribution is 2.39. The Bertz CT molecular complexity index is 686. The lowest BCUT2D eigenvalue weighted by Crippen LogP contribution is -1.90. The predicted molar refractivity (Wildman–Crippen MR) is 79.0 cm³/mol. The van der Waals surface area contributed by atoms with E-state index in [1.54, 1.807) is 11.3 Å². The van der Waals surface area contributed by atoms with Crippen LogP contribution in [0, 0.1) is 0 Å². The number of benzene rings is 1. The van der Waals surface area contributed by atoms with Gasteiger partial charge in [-0.3, -0.25) is 0 Å². The van der Waals surface area contributed by atoms with Gasteiger partial charge in [-0.1, -0.05) is 42.4 Å². The minimum atomic E-state index is 0.378. The third-order valence-electron chi connectivity index (χ3n) is 3.14. The van der Waals surface area contributed by atoms with Gasteiger partial charge in [0.05, 0.1) is 5.56 Å². The number of hydrogen-bond donors (Lipinski definition) is 1. The molecule has 0 radical (unpaired) electrons. The second-order valence-corrected chi connectivity index (χ2v) is 5.21. The van der Waals surface area contributed by atoms with Gasteiger partial charge in [0.1, 0.15) is 5.69 Å². The Morgan fingerprint density at radius 2 is 2.05 bits per heavy atom. The van der Waals surface area contributed by atoms with Crippen molar-refractivity contribution in [1.29, 1.82) is 0 Å². The Kier molecular flexibility index (Phi) is 3.09. The molecular weight excluding hydrogens is 256 g/mol. The van der Waals surface area contributed by atoms with Gasteiger partial charge < -0.3 is 10.3 Å². The molecule has 0 spiro atoms. The van der Waals surface area contributed by atoms with Gasteiger partial charge in [0.15, 0.2) is 0 Å². The summed E-state index contributed by atoms with van der Waals surface area (Å²) in [5, 5.41) is 6.18. The standard InChI is InChI=1S/C15H14N2OS/c1-2-10-6-3-4-7-11(10)14-13(15(16)18-17-14)12-8-5-9-19-12/h3-9H,2,16H2,1H3. The fourth-order valence-corrected chi connectivity index (χ4v) is 2.98. The fraction of sp³-hybridized carbons (Fsp3) is 0.133. The summed E-state index contributed by atoms with van der Waals surface area (Å²) in [5.74, 6) is 0.378.